The Morgan fingerprint density at radius 1 is 1.30 bits per heavy atom. The van der Waals surface area contributed by atoms with Gasteiger partial charge in [-0.3, -0.25) is 9.78 Å². The Hall–Kier alpha value is -3.10. The molecule has 7 nitrogen and oxygen atoms in total. The molecule has 0 N–H and O–H groups in total. The zero-order valence-electron chi connectivity index (χ0n) is 16.4. The van der Waals surface area contributed by atoms with Gasteiger partial charge in [0, 0.05) is 17.4 Å². The number of aromatic nitrogens is 3. The van der Waals surface area contributed by atoms with Crippen LogP contribution in [0.15, 0.2) is 52.5 Å². The predicted molar refractivity (Wildman–Crippen MR) is 113 cm³/mol. The first-order valence-electron chi connectivity index (χ1n) is 9.78. The number of aryl methyl sites for hydroxylation is 1. The number of carbonyl (C=O) groups excluding carboxylic acids is 1. The van der Waals surface area contributed by atoms with Crippen LogP contribution >= 0.6 is 11.3 Å². The highest BCUT2D eigenvalue weighted by molar-refractivity contribution is 7.17. The van der Waals surface area contributed by atoms with Crippen molar-refractivity contribution in [3.05, 3.63) is 65.0 Å². The standard InChI is InChI=1S/C22H20N4O3S/c1-14-5-6-19-16(10-14)15(13-30-19)11-20(27)26-8-9-28-18(12-26)22-24-21(25-29-22)17-4-2-3-7-23-17/h2-7,10,13,18H,8-9,11-12H2,1H3. The third-order valence-electron chi connectivity index (χ3n) is 5.18. The van der Waals surface area contributed by atoms with Gasteiger partial charge in [0.1, 0.15) is 5.69 Å². The number of hydrogen-bond acceptors (Lipinski definition) is 7. The lowest BCUT2D eigenvalue weighted by atomic mass is 10.1. The van der Waals surface area contributed by atoms with Gasteiger partial charge in [0.15, 0.2) is 6.10 Å². The summed E-state index contributed by atoms with van der Waals surface area (Å²) in [4.78, 5) is 23.5. The second-order valence-electron chi connectivity index (χ2n) is 7.31. The van der Waals surface area contributed by atoms with Crippen molar-refractivity contribution >= 4 is 27.3 Å². The summed E-state index contributed by atoms with van der Waals surface area (Å²) in [6.45, 7) is 3.45. The number of rotatable bonds is 4. The zero-order valence-corrected chi connectivity index (χ0v) is 17.3. The zero-order chi connectivity index (χ0) is 20.5. The summed E-state index contributed by atoms with van der Waals surface area (Å²) in [5.41, 5.74) is 2.90. The van der Waals surface area contributed by atoms with E-state index in [0.717, 1.165) is 10.9 Å². The van der Waals surface area contributed by atoms with Crippen LogP contribution in [0.2, 0.25) is 0 Å². The van der Waals surface area contributed by atoms with Gasteiger partial charge in [0.05, 0.1) is 19.6 Å². The third kappa shape index (κ3) is 3.71. The van der Waals surface area contributed by atoms with Crippen LogP contribution in [0, 0.1) is 6.92 Å². The van der Waals surface area contributed by atoms with Crippen molar-refractivity contribution < 1.29 is 14.1 Å². The van der Waals surface area contributed by atoms with Crippen LogP contribution in [0.3, 0.4) is 0 Å². The summed E-state index contributed by atoms with van der Waals surface area (Å²) in [5.74, 6) is 0.858. The van der Waals surface area contributed by atoms with Gasteiger partial charge >= 0.3 is 0 Å². The summed E-state index contributed by atoms with van der Waals surface area (Å²) >= 11 is 1.67. The maximum Gasteiger partial charge on any atom is 0.257 e. The van der Waals surface area contributed by atoms with Gasteiger partial charge in [-0.25, -0.2) is 0 Å². The Kier molecular flexibility index (Phi) is 5.02. The van der Waals surface area contributed by atoms with E-state index >= 15 is 0 Å². The molecule has 1 unspecified atom stereocenters. The fourth-order valence-corrected chi connectivity index (χ4v) is 4.54. The molecule has 0 saturated carbocycles. The van der Waals surface area contributed by atoms with E-state index in [1.165, 1.54) is 10.3 Å². The lowest BCUT2D eigenvalue weighted by Crippen LogP contribution is -2.43. The van der Waals surface area contributed by atoms with Gasteiger partial charge in [-0.15, -0.1) is 11.3 Å². The van der Waals surface area contributed by atoms with Gasteiger partial charge in [-0.1, -0.05) is 28.9 Å². The number of amides is 1. The Morgan fingerprint density at radius 2 is 2.23 bits per heavy atom. The van der Waals surface area contributed by atoms with E-state index in [4.69, 9.17) is 9.26 Å². The fourth-order valence-electron chi connectivity index (χ4n) is 3.60. The monoisotopic (exact) mass is 420 g/mol. The predicted octanol–water partition coefficient (Wildman–Crippen LogP) is 3.80. The van der Waals surface area contributed by atoms with E-state index < -0.39 is 6.10 Å². The molecular weight excluding hydrogens is 400 g/mol. The molecule has 1 aliphatic rings. The molecule has 1 aromatic carbocycles. The molecule has 1 fully saturated rings. The highest BCUT2D eigenvalue weighted by Gasteiger charge is 2.30. The summed E-state index contributed by atoms with van der Waals surface area (Å²) in [7, 11) is 0. The molecule has 4 heterocycles. The molecule has 1 atom stereocenters. The molecule has 0 bridgehead atoms. The molecule has 4 aromatic rings. The molecular formula is C22H20N4O3S. The molecule has 1 amide bonds. The van der Waals surface area contributed by atoms with Gasteiger partial charge < -0.3 is 14.2 Å². The Morgan fingerprint density at radius 3 is 3.10 bits per heavy atom. The van der Waals surface area contributed by atoms with E-state index in [-0.39, 0.29) is 5.91 Å². The second-order valence-corrected chi connectivity index (χ2v) is 8.22. The van der Waals surface area contributed by atoms with Gasteiger partial charge in [0.25, 0.3) is 5.89 Å². The van der Waals surface area contributed by atoms with Crippen molar-refractivity contribution in [3.8, 4) is 11.5 Å². The molecule has 1 aliphatic heterocycles. The first-order chi connectivity index (χ1) is 14.7. The van der Waals surface area contributed by atoms with E-state index in [2.05, 4.69) is 45.6 Å². The van der Waals surface area contributed by atoms with E-state index in [9.17, 15) is 4.79 Å². The smallest absolute Gasteiger partial charge is 0.257 e. The van der Waals surface area contributed by atoms with Crippen LogP contribution in [0.25, 0.3) is 21.6 Å². The summed E-state index contributed by atoms with van der Waals surface area (Å²) < 4.78 is 12.4. The van der Waals surface area contributed by atoms with Crippen LogP contribution < -0.4 is 0 Å². The van der Waals surface area contributed by atoms with Crippen LogP contribution in [-0.4, -0.2) is 45.6 Å². The molecule has 0 radical (unpaired) electrons. The fraction of sp³-hybridized carbons (Fsp3) is 0.273. The number of benzene rings is 1. The van der Waals surface area contributed by atoms with Crippen molar-refractivity contribution in [1.82, 2.24) is 20.0 Å². The lowest BCUT2D eigenvalue weighted by molar-refractivity contribution is -0.139. The van der Waals surface area contributed by atoms with Gasteiger partial charge in [-0.05, 0) is 41.5 Å². The average molecular weight is 420 g/mol. The third-order valence-corrected chi connectivity index (χ3v) is 6.19. The molecule has 152 valence electrons. The van der Waals surface area contributed by atoms with Crippen molar-refractivity contribution in [3.63, 3.8) is 0 Å². The quantitative estimate of drug-likeness (QED) is 0.500. The normalized spacial score (nSPS) is 16.8. The minimum absolute atomic E-state index is 0.0778. The number of morpholine rings is 1. The van der Waals surface area contributed by atoms with Crippen LogP contribution in [-0.2, 0) is 16.0 Å². The lowest BCUT2D eigenvalue weighted by Gasteiger charge is -2.31. The van der Waals surface area contributed by atoms with Crippen LogP contribution in [0.5, 0.6) is 0 Å². The minimum atomic E-state index is -0.436. The highest BCUT2D eigenvalue weighted by atomic mass is 32.1. The Labute approximate surface area is 177 Å². The van der Waals surface area contributed by atoms with Gasteiger partial charge in [-0.2, -0.15) is 4.98 Å². The maximum absolute atomic E-state index is 13.0. The number of carbonyl (C=O) groups is 1. The molecule has 3 aromatic heterocycles. The number of fused-ring (bicyclic) bond motifs is 1. The van der Waals surface area contributed by atoms with Gasteiger partial charge in [0.2, 0.25) is 11.7 Å². The number of ether oxygens (including phenoxy) is 1. The number of thiophene rings is 1. The summed E-state index contributed by atoms with van der Waals surface area (Å²) in [5, 5.41) is 7.25. The summed E-state index contributed by atoms with van der Waals surface area (Å²) in [6, 6.07) is 11.9. The number of nitrogens with zero attached hydrogens (tertiary/aromatic N) is 4. The molecule has 8 heteroatoms. The second kappa shape index (κ2) is 7.97. The van der Waals surface area contributed by atoms with Crippen molar-refractivity contribution in [2.24, 2.45) is 0 Å². The van der Waals surface area contributed by atoms with Crippen molar-refractivity contribution in [1.29, 1.82) is 0 Å². The molecule has 0 aliphatic carbocycles. The summed E-state index contributed by atoms with van der Waals surface area (Å²) in [6.07, 6.45) is 1.62. The van der Waals surface area contributed by atoms with Crippen molar-refractivity contribution in [2.45, 2.75) is 19.4 Å². The topological polar surface area (TPSA) is 81.4 Å². The van der Waals surface area contributed by atoms with Crippen LogP contribution in [0.1, 0.15) is 23.1 Å². The maximum atomic E-state index is 13.0. The minimum Gasteiger partial charge on any atom is -0.365 e. The molecule has 1 saturated heterocycles. The number of hydrogen-bond donors (Lipinski definition) is 0. The molecule has 30 heavy (non-hydrogen) atoms. The first-order valence-corrected chi connectivity index (χ1v) is 10.7. The SMILES string of the molecule is Cc1ccc2scc(CC(=O)N3CCOC(c4nc(-c5ccccn5)no4)C3)c2c1. The van der Waals surface area contributed by atoms with E-state index in [1.807, 2.05) is 23.1 Å². The van der Waals surface area contributed by atoms with Crippen LogP contribution in [0.4, 0.5) is 0 Å². The molecule has 5 rings (SSSR count). The largest absolute Gasteiger partial charge is 0.365 e. The number of pyridine rings is 1. The average Bonchev–Trinajstić information content (AvgIpc) is 3.42. The molecule has 0 spiro atoms. The Balaban J connectivity index is 1.30. The highest BCUT2D eigenvalue weighted by Crippen LogP contribution is 2.29. The van der Waals surface area contributed by atoms with E-state index in [0.29, 0.717) is 43.5 Å². The van der Waals surface area contributed by atoms with Crippen molar-refractivity contribution in [2.75, 3.05) is 19.7 Å². The van der Waals surface area contributed by atoms with E-state index in [1.54, 1.807) is 17.5 Å². The first kappa shape index (κ1) is 18.9. The Bertz CT molecular complexity index is 1190.